The zero-order chi connectivity index (χ0) is 9.12. The average molecular weight is 201 g/mol. The van der Waals surface area contributed by atoms with Gasteiger partial charge < -0.3 is 9.79 Å². The highest BCUT2D eigenvalue weighted by Gasteiger charge is 2.42. The first-order chi connectivity index (χ1) is 4.93. The Morgan fingerprint density at radius 1 is 1.36 bits per heavy atom. The summed E-state index contributed by atoms with van der Waals surface area (Å²) in [5.41, 5.74) is 0. The molecule has 0 bridgehead atoms. The average Bonchev–Trinajstić information content (AvgIpc) is 1.90. The van der Waals surface area contributed by atoms with Crippen LogP contribution in [0.15, 0.2) is 0 Å². The predicted molar refractivity (Wildman–Crippen MR) is 46.1 cm³/mol. The normalized spacial score (nSPS) is 13.5. The quantitative estimate of drug-likeness (QED) is 0.539. The van der Waals surface area contributed by atoms with E-state index in [1.807, 2.05) is 0 Å². The van der Waals surface area contributed by atoms with Gasteiger partial charge in [0.05, 0.1) is 5.16 Å². The molecular weight excluding hydrogens is 186 g/mol. The highest BCUT2D eigenvalue weighted by molar-refractivity contribution is 7.53. The zero-order valence-corrected chi connectivity index (χ0v) is 8.40. The standard InChI is InChI=1S/C6H14ClO3P/c1-3-6(4-2,5-7)11(8,9)10/h3-5H2,1-2H3,(H2,8,9,10). The molecule has 0 fully saturated rings. The lowest BCUT2D eigenvalue weighted by molar-refractivity contribution is 0.324. The lowest BCUT2D eigenvalue weighted by Gasteiger charge is -2.29. The van der Waals surface area contributed by atoms with Crippen molar-refractivity contribution in [3.63, 3.8) is 0 Å². The van der Waals surface area contributed by atoms with E-state index >= 15 is 0 Å². The monoisotopic (exact) mass is 200 g/mol. The van der Waals surface area contributed by atoms with Crippen LogP contribution in [-0.4, -0.2) is 20.8 Å². The second kappa shape index (κ2) is 3.90. The summed E-state index contributed by atoms with van der Waals surface area (Å²) in [7, 11) is -4.04. The van der Waals surface area contributed by atoms with Gasteiger partial charge in [0, 0.05) is 5.88 Å². The summed E-state index contributed by atoms with van der Waals surface area (Å²) in [6, 6.07) is 0. The topological polar surface area (TPSA) is 57.5 Å². The summed E-state index contributed by atoms with van der Waals surface area (Å²) >= 11 is 5.52. The fraction of sp³-hybridized carbons (Fsp3) is 1.00. The number of alkyl halides is 1. The highest BCUT2D eigenvalue weighted by atomic mass is 35.5. The molecule has 0 amide bonds. The van der Waals surface area contributed by atoms with Crippen LogP contribution in [0, 0.1) is 0 Å². The van der Waals surface area contributed by atoms with Gasteiger partial charge in [0.1, 0.15) is 0 Å². The largest absolute Gasteiger partial charge is 0.332 e. The van der Waals surface area contributed by atoms with Gasteiger partial charge in [-0.1, -0.05) is 13.8 Å². The first-order valence-corrected chi connectivity index (χ1v) is 5.70. The fourth-order valence-corrected chi connectivity index (χ4v) is 2.75. The van der Waals surface area contributed by atoms with E-state index in [0.717, 1.165) is 0 Å². The smallest absolute Gasteiger partial charge is 0.324 e. The van der Waals surface area contributed by atoms with Crippen LogP contribution in [0.1, 0.15) is 26.7 Å². The van der Waals surface area contributed by atoms with Crippen LogP contribution in [0.5, 0.6) is 0 Å². The number of hydrogen-bond donors (Lipinski definition) is 2. The van der Waals surface area contributed by atoms with Gasteiger partial charge in [0.25, 0.3) is 0 Å². The maximum atomic E-state index is 11.0. The predicted octanol–water partition coefficient (Wildman–Crippen LogP) is 1.96. The van der Waals surface area contributed by atoms with Gasteiger partial charge in [-0.25, -0.2) is 0 Å². The molecule has 2 N–H and O–H groups in total. The molecule has 0 aromatic carbocycles. The summed E-state index contributed by atoms with van der Waals surface area (Å²) in [6.07, 6.45) is 0.828. The Morgan fingerprint density at radius 2 is 1.73 bits per heavy atom. The van der Waals surface area contributed by atoms with Crippen molar-refractivity contribution in [3.8, 4) is 0 Å². The van der Waals surface area contributed by atoms with Crippen LogP contribution < -0.4 is 0 Å². The van der Waals surface area contributed by atoms with Gasteiger partial charge in [-0.15, -0.1) is 11.6 Å². The van der Waals surface area contributed by atoms with E-state index in [-0.39, 0.29) is 5.88 Å². The molecule has 0 atom stereocenters. The van der Waals surface area contributed by atoms with Crippen molar-refractivity contribution in [2.75, 3.05) is 5.88 Å². The molecule has 0 radical (unpaired) electrons. The Hall–Kier alpha value is 0.440. The van der Waals surface area contributed by atoms with E-state index in [4.69, 9.17) is 21.4 Å². The van der Waals surface area contributed by atoms with Gasteiger partial charge >= 0.3 is 7.60 Å². The first kappa shape index (κ1) is 11.4. The molecule has 0 saturated carbocycles. The molecule has 0 rings (SSSR count). The molecule has 11 heavy (non-hydrogen) atoms. The molecule has 3 nitrogen and oxygen atoms in total. The van der Waals surface area contributed by atoms with E-state index in [1.54, 1.807) is 13.8 Å². The molecular formula is C6H14ClO3P. The molecule has 0 saturated heterocycles. The highest BCUT2D eigenvalue weighted by Crippen LogP contribution is 2.54. The molecule has 0 spiro atoms. The summed E-state index contributed by atoms with van der Waals surface area (Å²) < 4.78 is 11.0. The van der Waals surface area contributed by atoms with Gasteiger partial charge in [0.2, 0.25) is 0 Å². The minimum Gasteiger partial charge on any atom is -0.324 e. The van der Waals surface area contributed by atoms with Crippen molar-refractivity contribution in [1.82, 2.24) is 0 Å². The van der Waals surface area contributed by atoms with Crippen LogP contribution in [0.3, 0.4) is 0 Å². The molecule has 68 valence electrons. The van der Waals surface area contributed by atoms with E-state index in [1.165, 1.54) is 0 Å². The molecule has 0 aromatic rings. The molecule has 0 unspecified atom stereocenters. The summed E-state index contributed by atoms with van der Waals surface area (Å²) in [5.74, 6) is 0.0181. The van der Waals surface area contributed by atoms with Gasteiger partial charge in [-0.3, -0.25) is 4.57 Å². The van der Waals surface area contributed by atoms with Crippen LogP contribution in [0.25, 0.3) is 0 Å². The second-order valence-electron chi connectivity index (χ2n) is 2.61. The van der Waals surface area contributed by atoms with Crippen LogP contribution in [0.4, 0.5) is 0 Å². The van der Waals surface area contributed by atoms with E-state index in [2.05, 4.69) is 0 Å². The van der Waals surface area contributed by atoms with E-state index < -0.39 is 12.8 Å². The molecule has 0 aliphatic heterocycles. The lowest BCUT2D eigenvalue weighted by atomic mass is 10.1. The van der Waals surface area contributed by atoms with Crippen molar-refractivity contribution in [1.29, 1.82) is 0 Å². The molecule has 0 aliphatic rings. The van der Waals surface area contributed by atoms with Gasteiger partial charge in [0.15, 0.2) is 0 Å². The van der Waals surface area contributed by atoms with Gasteiger partial charge in [-0.05, 0) is 12.8 Å². The third kappa shape index (κ3) is 2.19. The Morgan fingerprint density at radius 3 is 1.73 bits per heavy atom. The van der Waals surface area contributed by atoms with Crippen molar-refractivity contribution in [2.24, 2.45) is 0 Å². The van der Waals surface area contributed by atoms with Crippen LogP contribution in [-0.2, 0) is 4.57 Å². The molecule has 0 heterocycles. The second-order valence-corrected chi connectivity index (χ2v) is 4.91. The van der Waals surface area contributed by atoms with Gasteiger partial charge in [-0.2, -0.15) is 0 Å². The first-order valence-electron chi connectivity index (χ1n) is 3.55. The minimum absolute atomic E-state index is 0.0181. The number of halogens is 1. The van der Waals surface area contributed by atoms with E-state index in [0.29, 0.717) is 12.8 Å². The molecule has 0 aromatic heterocycles. The molecule has 0 aliphatic carbocycles. The number of hydrogen-bond acceptors (Lipinski definition) is 1. The number of rotatable bonds is 4. The third-order valence-corrected chi connectivity index (χ3v) is 4.91. The van der Waals surface area contributed by atoms with Crippen molar-refractivity contribution >= 4 is 19.2 Å². The maximum absolute atomic E-state index is 11.0. The molecule has 5 heteroatoms. The minimum atomic E-state index is -4.04. The maximum Gasteiger partial charge on any atom is 0.332 e. The van der Waals surface area contributed by atoms with Crippen molar-refractivity contribution in [2.45, 2.75) is 31.8 Å². The van der Waals surface area contributed by atoms with Crippen LogP contribution >= 0.6 is 19.2 Å². The third-order valence-electron chi connectivity index (χ3n) is 2.18. The van der Waals surface area contributed by atoms with Crippen molar-refractivity contribution in [3.05, 3.63) is 0 Å². The summed E-state index contributed by atoms with van der Waals surface area (Å²) in [4.78, 5) is 17.9. The lowest BCUT2D eigenvalue weighted by Crippen LogP contribution is -2.29. The van der Waals surface area contributed by atoms with Crippen LogP contribution in [0.2, 0.25) is 0 Å². The van der Waals surface area contributed by atoms with E-state index in [9.17, 15) is 4.57 Å². The Kier molecular flexibility index (Phi) is 4.06. The summed E-state index contributed by atoms with van der Waals surface area (Å²) in [5, 5.41) is -1.01. The Bertz CT molecular complexity index is 153. The Labute approximate surface area is 71.9 Å². The fourth-order valence-electron chi connectivity index (χ4n) is 0.929. The SMILES string of the molecule is CCC(CC)(CCl)P(=O)(O)O. The van der Waals surface area contributed by atoms with Crippen molar-refractivity contribution < 1.29 is 14.4 Å². The summed E-state index contributed by atoms with van der Waals surface area (Å²) in [6.45, 7) is 3.48. The Balaban J connectivity index is 4.70. The zero-order valence-electron chi connectivity index (χ0n) is 6.75.